The monoisotopic (exact) mass is 546 g/mol. The van der Waals surface area contributed by atoms with Crippen LogP contribution in [0.5, 0.6) is 0 Å². The van der Waals surface area contributed by atoms with E-state index in [1.165, 1.54) is 31.5 Å². The van der Waals surface area contributed by atoms with Crippen molar-refractivity contribution < 1.29 is 37.5 Å². The topological polar surface area (TPSA) is 205 Å². The maximum absolute atomic E-state index is 12.5. The van der Waals surface area contributed by atoms with E-state index in [1.807, 2.05) is 0 Å². The first kappa shape index (κ1) is 27.5. The van der Waals surface area contributed by atoms with Gasteiger partial charge in [0, 0.05) is 11.1 Å². The van der Waals surface area contributed by atoms with Crippen molar-refractivity contribution in [3.63, 3.8) is 0 Å². The summed E-state index contributed by atoms with van der Waals surface area (Å²) in [5.74, 6) is -1.31. The van der Waals surface area contributed by atoms with E-state index >= 15 is 0 Å². The standard InChI is InChI=1S/C21H18N6O8S2/c1-13(28)20(21(29)23-16-3-2-10-22-12-16)27-26-18-9-6-15(11-19(18)37(31,32)33)25-24-14-4-7-17(8-5-14)36-35-34-30/h2-12,28,30H,1H3,(H,23,29)(H,31,32,33). The van der Waals surface area contributed by atoms with Gasteiger partial charge in [-0.2, -0.15) is 18.6 Å². The Bertz CT molecular complexity index is 1440. The zero-order valence-electron chi connectivity index (χ0n) is 18.8. The number of hydrogen-bond donors (Lipinski definition) is 4. The van der Waals surface area contributed by atoms with Crippen molar-refractivity contribution in [2.24, 2.45) is 20.5 Å². The summed E-state index contributed by atoms with van der Waals surface area (Å²) < 4.78 is 37.9. The Morgan fingerprint density at radius 1 is 1.05 bits per heavy atom. The van der Waals surface area contributed by atoms with E-state index in [2.05, 4.69) is 40.1 Å². The molecule has 192 valence electrons. The molecule has 0 spiro atoms. The minimum absolute atomic E-state index is 0.0606. The first-order valence-corrected chi connectivity index (χ1v) is 12.2. The highest BCUT2D eigenvalue weighted by molar-refractivity contribution is 7.94. The number of aromatic nitrogens is 1. The van der Waals surface area contributed by atoms with Crippen molar-refractivity contribution in [2.75, 3.05) is 5.32 Å². The van der Waals surface area contributed by atoms with Crippen molar-refractivity contribution in [1.29, 1.82) is 0 Å². The quantitative estimate of drug-likeness (QED) is 0.0465. The Labute approximate surface area is 214 Å². The summed E-state index contributed by atoms with van der Waals surface area (Å²) in [6.45, 7) is 1.20. The molecule has 0 aliphatic heterocycles. The van der Waals surface area contributed by atoms with Crippen LogP contribution in [0.1, 0.15) is 6.92 Å². The largest absolute Gasteiger partial charge is 0.510 e. The second-order valence-corrected chi connectivity index (χ2v) is 9.04. The molecule has 0 unspecified atom stereocenters. The molecule has 0 aliphatic carbocycles. The van der Waals surface area contributed by atoms with Crippen LogP contribution in [0.2, 0.25) is 0 Å². The SMILES string of the molecule is CC(O)=C(N=Nc1ccc(N=Nc2ccc(SOOO)cc2)cc1S(=O)(=O)O)C(=O)Nc1cccnc1. The van der Waals surface area contributed by atoms with Gasteiger partial charge in [-0.25, -0.2) is 5.26 Å². The summed E-state index contributed by atoms with van der Waals surface area (Å²) in [4.78, 5) is 16.3. The summed E-state index contributed by atoms with van der Waals surface area (Å²) in [7, 11) is -4.78. The lowest BCUT2D eigenvalue weighted by molar-refractivity contribution is -0.432. The summed E-state index contributed by atoms with van der Waals surface area (Å²) in [6.07, 6.45) is 2.88. The molecule has 3 rings (SSSR count). The van der Waals surface area contributed by atoms with Gasteiger partial charge in [0.05, 0.1) is 35.3 Å². The zero-order valence-corrected chi connectivity index (χ0v) is 20.4. The molecule has 0 fully saturated rings. The molecular formula is C21H18N6O8S2. The first-order valence-electron chi connectivity index (χ1n) is 9.98. The van der Waals surface area contributed by atoms with Crippen molar-refractivity contribution >= 4 is 50.8 Å². The number of rotatable bonds is 10. The van der Waals surface area contributed by atoms with Crippen LogP contribution in [0, 0.1) is 0 Å². The van der Waals surface area contributed by atoms with Crippen molar-refractivity contribution in [2.45, 2.75) is 16.7 Å². The smallest absolute Gasteiger partial charge is 0.296 e. The van der Waals surface area contributed by atoms with Crippen LogP contribution in [0.4, 0.5) is 22.7 Å². The number of anilines is 1. The molecule has 1 amide bonds. The van der Waals surface area contributed by atoms with Crippen LogP contribution >= 0.6 is 12.0 Å². The Balaban J connectivity index is 1.83. The number of azo groups is 2. The average molecular weight is 547 g/mol. The van der Waals surface area contributed by atoms with Crippen LogP contribution in [-0.2, 0) is 24.3 Å². The van der Waals surface area contributed by atoms with E-state index < -0.39 is 32.4 Å². The predicted molar refractivity (Wildman–Crippen MR) is 130 cm³/mol. The molecule has 37 heavy (non-hydrogen) atoms. The maximum Gasteiger partial charge on any atom is 0.296 e. The Kier molecular flexibility index (Phi) is 9.50. The van der Waals surface area contributed by atoms with Crippen molar-refractivity contribution in [3.8, 4) is 0 Å². The zero-order chi connectivity index (χ0) is 26.8. The highest BCUT2D eigenvalue weighted by Gasteiger charge is 2.18. The van der Waals surface area contributed by atoms with Gasteiger partial charge >= 0.3 is 0 Å². The summed E-state index contributed by atoms with van der Waals surface area (Å²) in [5.41, 5.74) is -0.0197. The molecule has 0 saturated heterocycles. The lowest BCUT2D eigenvalue weighted by Crippen LogP contribution is -2.14. The number of pyridine rings is 1. The number of carbonyl (C=O) groups excluding carboxylic acids is 1. The first-order chi connectivity index (χ1) is 17.7. The molecule has 0 bridgehead atoms. The van der Waals surface area contributed by atoms with E-state index in [0.717, 1.165) is 18.1 Å². The highest BCUT2D eigenvalue weighted by Crippen LogP contribution is 2.31. The van der Waals surface area contributed by atoms with E-state index in [4.69, 9.17) is 5.26 Å². The molecule has 0 aliphatic rings. The fourth-order valence-electron chi connectivity index (χ4n) is 2.61. The second-order valence-electron chi connectivity index (χ2n) is 6.88. The minimum Gasteiger partial charge on any atom is -0.510 e. The van der Waals surface area contributed by atoms with Gasteiger partial charge in [-0.1, -0.05) is 5.04 Å². The molecule has 0 radical (unpaired) electrons. The van der Waals surface area contributed by atoms with Crippen LogP contribution in [0.25, 0.3) is 0 Å². The lowest BCUT2D eigenvalue weighted by Gasteiger charge is -2.06. The van der Waals surface area contributed by atoms with Crippen LogP contribution in [0.15, 0.2) is 109 Å². The van der Waals surface area contributed by atoms with Gasteiger partial charge in [-0.05, 0) is 61.5 Å². The molecule has 0 atom stereocenters. The number of amides is 1. The minimum atomic E-state index is -4.78. The Morgan fingerprint density at radius 2 is 1.76 bits per heavy atom. The third-order valence-electron chi connectivity index (χ3n) is 4.23. The van der Waals surface area contributed by atoms with Crippen LogP contribution in [0.3, 0.4) is 0 Å². The number of allylic oxidation sites excluding steroid dienone is 1. The molecule has 1 heterocycles. The Morgan fingerprint density at radius 3 is 2.38 bits per heavy atom. The van der Waals surface area contributed by atoms with Crippen molar-refractivity contribution in [3.05, 3.63) is 78.4 Å². The van der Waals surface area contributed by atoms with E-state index in [1.54, 1.807) is 36.4 Å². The Hall–Kier alpha value is -4.06. The highest BCUT2D eigenvalue weighted by atomic mass is 32.2. The number of benzene rings is 2. The number of carbonyl (C=O) groups is 1. The molecule has 0 saturated carbocycles. The van der Waals surface area contributed by atoms with Gasteiger partial charge in [0.1, 0.15) is 16.3 Å². The number of hydrogen-bond acceptors (Lipinski definition) is 13. The molecule has 14 nitrogen and oxygen atoms in total. The summed E-state index contributed by atoms with van der Waals surface area (Å²) >= 11 is 0.755. The van der Waals surface area contributed by atoms with Gasteiger partial charge in [-0.15, -0.1) is 14.6 Å². The lowest BCUT2D eigenvalue weighted by atomic mass is 10.3. The van der Waals surface area contributed by atoms with Crippen molar-refractivity contribution in [1.82, 2.24) is 4.98 Å². The molecule has 4 N–H and O–H groups in total. The van der Waals surface area contributed by atoms with Gasteiger partial charge in [-0.3, -0.25) is 14.3 Å². The second kappa shape index (κ2) is 12.8. The molecule has 1 aromatic heterocycles. The molecule has 16 heteroatoms. The summed E-state index contributed by atoms with van der Waals surface area (Å²) in [6, 6.07) is 13.0. The van der Waals surface area contributed by atoms with Gasteiger partial charge < -0.3 is 10.4 Å². The molecular weight excluding hydrogens is 528 g/mol. The third kappa shape index (κ3) is 8.24. The molecule has 2 aromatic carbocycles. The van der Waals surface area contributed by atoms with E-state index in [-0.39, 0.29) is 11.4 Å². The fourth-order valence-corrected chi connectivity index (χ4v) is 3.60. The average Bonchev–Trinajstić information content (AvgIpc) is 2.87. The molecule has 3 aromatic rings. The van der Waals surface area contributed by atoms with Crippen LogP contribution < -0.4 is 5.32 Å². The maximum atomic E-state index is 12.5. The van der Waals surface area contributed by atoms with E-state index in [0.29, 0.717) is 16.3 Å². The van der Waals surface area contributed by atoms with E-state index in [9.17, 15) is 22.9 Å². The normalized spacial score (nSPS) is 12.6. The summed E-state index contributed by atoms with van der Waals surface area (Å²) in [5, 5.41) is 39.3. The number of nitrogens with zero attached hydrogens (tertiary/aromatic N) is 5. The fraction of sp³-hybridized carbons (Fsp3) is 0.0476. The van der Waals surface area contributed by atoms with Gasteiger partial charge in [0.15, 0.2) is 5.70 Å². The van der Waals surface area contributed by atoms with Crippen LogP contribution in [-0.4, -0.2) is 34.2 Å². The third-order valence-corrected chi connectivity index (χ3v) is 5.71. The number of aliphatic hydroxyl groups is 1. The number of aliphatic hydroxyl groups excluding tert-OH is 1. The van der Waals surface area contributed by atoms with Gasteiger partial charge in [0.2, 0.25) is 0 Å². The predicted octanol–water partition coefficient (Wildman–Crippen LogP) is 5.68. The van der Waals surface area contributed by atoms with Gasteiger partial charge in [0.25, 0.3) is 16.0 Å². The number of nitrogens with one attached hydrogen (secondary N) is 1.